The Morgan fingerprint density at radius 3 is 2.71 bits per heavy atom. The summed E-state index contributed by atoms with van der Waals surface area (Å²) in [5, 5.41) is 14.1. The lowest BCUT2D eigenvalue weighted by atomic mass is 10.1. The molecule has 0 aliphatic rings. The molecule has 1 unspecified atom stereocenters. The van der Waals surface area contributed by atoms with E-state index in [2.05, 4.69) is 12.2 Å². The van der Waals surface area contributed by atoms with Crippen LogP contribution in [0.5, 0.6) is 11.5 Å². The Kier molecular flexibility index (Phi) is 4.90. The molecule has 0 amide bonds. The molecule has 5 nitrogen and oxygen atoms in total. The molecule has 0 saturated carbocycles. The van der Waals surface area contributed by atoms with Gasteiger partial charge in [-0.05, 0) is 25.6 Å². The number of nitro benzene ring substituents is 1. The van der Waals surface area contributed by atoms with Gasteiger partial charge < -0.3 is 10.1 Å². The van der Waals surface area contributed by atoms with Gasteiger partial charge in [-0.2, -0.15) is 0 Å². The molecule has 21 heavy (non-hydrogen) atoms. The van der Waals surface area contributed by atoms with Crippen molar-refractivity contribution in [2.75, 3.05) is 6.54 Å². The number of nitro groups is 1. The third kappa shape index (κ3) is 3.79. The molecule has 0 aliphatic heterocycles. The van der Waals surface area contributed by atoms with E-state index in [1.54, 1.807) is 12.1 Å². The summed E-state index contributed by atoms with van der Waals surface area (Å²) in [6.07, 6.45) is 0. The maximum atomic E-state index is 10.8. The maximum Gasteiger partial charge on any atom is 0.273 e. The van der Waals surface area contributed by atoms with Crippen LogP contribution in [0.25, 0.3) is 0 Å². The molecule has 0 bridgehead atoms. The van der Waals surface area contributed by atoms with Gasteiger partial charge in [0.15, 0.2) is 0 Å². The predicted octanol–water partition coefficient (Wildman–Crippen LogP) is 4.06. The van der Waals surface area contributed by atoms with Crippen LogP contribution in [-0.2, 0) is 0 Å². The molecule has 2 aromatic rings. The second-order valence-corrected chi connectivity index (χ2v) is 4.67. The lowest BCUT2D eigenvalue weighted by Gasteiger charge is -2.17. The van der Waals surface area contributed by atoms with Crippen molar-refractivity contribution in [1.82, 2.24) is 5.32 Å². The van der Waals surface area contributed by atoms with Gasteiger partial charge in [-0.1, -0.05) is 31.2 Å². The summed E-state index contributed by atoms with van der Waals surface area (Å²) in [7, 11) is 0. The monoisotopic (exact) mass is 286 g/mol. The first kappa shape index (κ1) is 15.0. The molecule has 0 aliphatic carbocycles. The van der Waals surface area contributed by atoms with E-state index in [0.29, 0.717) is 11.5 Å². The van der Waals surface area contributed by atoms with E-state index in [9.17, 15) is 10.1 Å². The van der Waals surface area contributed by atoms with Crippen molar-refractivity contribution >= 4 is 5.69 Å². The van der Waals surface area contributed by atoms with Gasteiger partial charge in [-0.3, -0.25) is 10.1 Å². The second-order valence-electron chi connectivity index (χ2n) is 4.67. The second kappa shape index (κ2) is 6.85. The van der Waals surface area contributed by atoms with Crippen LogP contribution in [0.4, 0.5) is 5.69 Å². The smallest absolute Gasteiger partial charge is 0.273 e. The maximum absolute atomic E-state index is 10.8. The molecule has 0 radical (unpaired) electrons. The number of nitrogens with zero attached hydrogens (tertiary/aromatic N) is 1. The molecule has 110 valence electrons. The number of hydrogen-bond donors (Lipinski definition) is 1. The van der Waals surface area contributed by atoms with Gasteiger partial charge in [0.25, 0.3) is 5.69 Å². The van der Waals surface area contributed by atoms with Crippen molar-refractivity contribution in [2.45, 2.75) is 19.9 Å². The highest BCUT2D eigenvalue weighted by molar-refractivity contribution is 5.43. The van der Waals surface area contributed by atoms with Gasteiger partial charge in [-0.15, -0.1) is 0 Å². The Bertz CT molecular complexity index is 628. The fraction of sp³-hybridized carbons (Fsp3) is 0.250. The van der Waals surface area contributed by atoms with Crippen molar-refractivity contribution in [2.24, 2.45) is 0 Å². The normalized spacial score (nSPS) is 11.9. The number of non-ortho nitro benzene ring substituents is 1. The molecule has 0 fully saturated rings. The molecular formula is C16H18N2O3. The van der Waals surface area contributed by atoms with Crippen LogP contribution < -0.4 is 10.1 Å². The molecule has 0 heterocycles. The topological polar surface area (TPSA) is 64.4 Å². The van der Waals surface area contributed by atoms with Gasteiger partial charge >= 0.3 is 0 Å². The lowest BCUT2D eigenvalue weighted by molar-refractivity contribution is -0.384. The summed E-state index contributed by atoms with van der Waals surface area (Å²) in [5.74, 6) is 1.16. The van der Waals surface area contributed by atoms with E-state index in [0.717, 1.165) is 12.1 Å². The van der Waals surface area contributed by atoms with Crippen LogP contribution in [0.15, 0.2) is 48.5 Å². The highest BCUT2D eigenvalue weighted by atomic mass is 16.6. The van der Waals surface area contributed by atoms with E-state index in [1.807, 2.05) is 31.2 Å². The summed E-state index contributed by atoms with van der Waals surface area (Å²) in [4.78, 5) is 10.4. The van der Waals surface area contributed by atoms with Crippen LogP contribution in [0.1, 0.15) is 25.5 Å². The molecule has 0 saturated heterocycles. The van der Waals surface area contributed by atoms with Crippen molar-refractivity contribution in [1.29, 1.82) is 0 Å². The quantitative estimate of drug-likeness (QED) is 0.642. The Labute approximate surface area is 123 Å². The van der Waals surface area contributed by atoms with Gasteiger partial charge in [0.1, 0.15) is 11.5 Å². The first-order chi connectivity index (χ1) is 10.1. The van der Waals surface area contributed by atoms with Crippen molar-refractivity contribution in [3.8, 4) is 11.5 Å². The van der Waals surface area contributed by atoms with E-state index in [-0.39, 0.29) is 11.7 Å². The summed E-state index contributed by atoms with van der Waals surface area (Å²) in [6.45, 7) is 4.95. The summed E-state index contributed by atoms with van der Waals surface area (Å²) < 4.78 is 5.82. The van der Waals surface area contributed by atoms with Gasteiger partial charge in [-0.25, -0.2) is 0 Å². The van der Waals surface area contributed by atoms with E-state index in [1.165, 1.54) is 12.1 Å². The molecule has 5 heteroatoms. The molecule has 2 aromatic carbocycles. The van der Waals surface area contributed by atoms with Crippen molar-refractivity contribution in [3.63, 3.8) is 0 Å². The Morgan fingerprint density at radius 1 is 1.24 bits per heavy atom. The number of hydrogen-bond acceptors (Lipinski definition) is 4. The first-order valence-electron chi connectivity index (χ1n) is 6.86. The van der Waals surface area contributed by atoms with Gasteiger partial charge in [0, 0.05) is 17.7 Å². The van der Waals surface area contributed by atoms with Crippen LogP contribution in [0, 0.1) is 10.1 Å². The number of benzene rings is 2. The average Bonchev–Trinajstić information content (AvgIpc) is 2.48. The zero-order valence-corrected chi connectivity index (χ0v) is 12.1. The highest BCUT2D eigenvalue weighted by Crippen LogP contribution is 2.30. The molecular weight excluding hydrogens is 268 g/mol. The Hall–Kier alpha value is -2.40. The van der Waals surface area contributed by atoms with Crippen LogP contribution in [0.3, 0.4) is 0 Å². The number of ether oxygens (including phenoxy) is 1. The average molecular weight is 286 g/mol. The van der Waals surface area contributed by atoms with Crippen molar-refractivity contribution < 1.29 is 9.66 Å². The summed E-state index contributed by atoms with van der Waals surface area (Å²) in [6, 6.07) is 14.0. The van der Waals surface area contributed by atoms with E-state index >= 15 is 0 Å². The van der Waals surface area contributed by atoms with Gasteiger partial charge in [0.05, 0.1) is 11.0 Å². The third-order valence-electron chi connectivity index (χ3n) is 3.15. The standard InChI is InChI=1S/C16H18N2O3/c1-3-17-12(2)15-9-4-5-10-16(15)21-14-8-6-7-13(11-14)18(19)20/h4-12,17H,3H2,1-2H3. The van der Waals surface area contributed by atoms with Crippen LogP contribution in [0.2, 0.25) is 0 Å². The lowest BCUT2D eigenvalue weighted by Crippen LogP contribution is -2.18. The third-order valence-corrected chi connectivity index (χ3v) is 3.15. The Morgan fingerprint density at radius 2 is 2.00 bits per heavy atom. The van der Waals surface area contributed by atoms with E-state index < -0.39 is 4.92 Å². The van der Waals surface area contributed by atoms with E-state index in [4.69, 9.17) is 4.74 Å². The van der Waals surface area contributed by atoms with Crippen molar-refractivity contribution in [3.05, 3.63) is 64.2 Å². The minimum Gasteiger partial charge on any atom is -0.457 e. The van der Waals surface area contributed by atoms with Gasteiger partial charge in [0.2, 0.25) is 0 Å². The highest BCUT2D eigenvalue weighted by Gasteiger charge is 2.12. The molecule has 0 aromatic heterocycles. The predicted molar refractivity (Wildman–Crippen MR) is 81.7 cm³/mol. The molecule has 2 rings (SSSR count). The molecule has 1 atom stereocenters. The SMILES string of the molecule is CCNC(C)c1ccccc1Oc1cccc([N+](=O)[O-])c1. The summed E-state index contributed by atoms with van der Waals surface area (Å²) >= 11 is 0. The van der Waals surface area contributed by atoms with Crippen LogP contribution >= 0.6 is 0 Å². The zero-order valence-electron chi connectivity index (χ0n) is 12.1. The molecule has 0 spiro atoms. The zero-order chi connectivity index (χ0) is 15.2. The number of nitrogens with one attached hydrogen (secondary N) is 1. The minimum absolute atomic E-state index is 0.0183. The van der Waals surface area contributed by atoms with Crippen LogP contribution in [-0.4, -0.2) is 11.5 Å². The fourth-order valence-electron chi connectivity index (χ4n) is 2.13. The fourth-order valence-corrected chi connectivity index (χ4v) is 2.13. The largest absolute Gasteiger partial charge is 0.457 e. The first-order valence-corrected chi connectivity index (χ1v) is 6.86. The minimum atomic E-state index is -0.431. The number of rotatable bonds is 6. The number of para-hydroxylation sites is 1. The Balaban J connectivity index is 2.27. The molecule has 1 N–H and O–H groups in total. The summed E-state index contributed by atoms with van der Waals surface area (Å²) in [5.41, 5.74) is 1.04.